The highest BCUT2D eigenvalue weighted by molar-refractivity contribution is 4.94. The Balaban J connectivity index is 2.15. The topological polar surface area (TPSA) is 27.7 Å². The molecule has 2 heterocycles. The summed E-state index contributed by atoms with van der Waals surface area (Å²) in [6, 6.07) is 0. The maximum Gasteiger partial charge on any atom is 0.164 e. The lowest BCUT2D eigenvalue weighted by Crippen LogP contribution is -2.27. The summed E-state index contributed by atoms with van der Waals surface area (Å²) in [5.74, 6) is -0.429. The van der Waals surface area contributed by atoms with Crippen LogP contribution in [0.3, 0.4) is 0 Å². The van der Waals surface area contributed by atoms with Crippen LogP contribution >= 0.6 is 0 Å². The summed E-state index contributed by atoms with van der Waals surface area (Å²) in [7, 11) is 0. The van der Waals surface area contributed by atoms with Gasteiger partial charge in [0.05, 0.1) is 12.2 Å². The zero-order chi connectivity index (χ0) is 8.93. The van der Waals surface area contributed by atoms with Crippen LogP contribution < -0.4 is 0 Å². The zero-order valence-electron chi connectivity index (χ0n) is 8.03. The molecule has 0 aromatic heterocycles. The van der Waals surface area contributed by atoms with Gasteiger partial charge in [0.15, 0.2) is 5.79 Å². The lowest BCUT2D eigenvalue weighted by molar-refractivity contribution is -0.183. The van der Waals surface area contributed by atoms with Crippen molar-refractivity contribution in [2.24, 2.45) is 0 Å². The third-order valence-electron chi connectivity index (χ3n) is 2.52. The van der Waals surface area contributed by atoms with Gasteiger partial charge < -0.3 is 14.2 Å². The van der Waals surface area contributed by atoms with Gasteiger partial charge in [-0.1, -0.05) is 0 Å². The van der Waals surface area contributed by atoms with Crippen LogP contribution in [0.1, 0.15) is 27.7 Å². The Morgan fingerprint density at radius 1 is 0.917 bits per heavy atom. The van der Waals surface area contributed by atoms with Gasteiger partial charge in [0.2, 0.25) is 0 Å². The molecule has 0 bridgehead atoms. The summed E-state index contributed by atoms with van der Waals surface area (Å²) in [5, 5.41) is 0. The molecule has 0 radical (unpaired) electrons. The molecule has 0 aromatic carbocycles. The predicted molar refractivity (Wildman–Crippen MR) is 43.8 cm³/mol. The fraction of sp³-hybridized carbons (Fsp3) is 1.00. The monoisotopic (exact) mass is 172 g/mol. The first kappa shape index (κ1) is 8.48. The van der Waals surface area contributed by atoms with Gasteiger partial charge in [-0.3, -0.25) is 0 Å². The summed E-state index contributed by atoms with van der Waals surface area (Å²) in [5.41, 5.74) is 0. The largest absolute Gasteiger partial charge is 0.370 e. The van der Waals surface area contributed by atoms with Gasteiger partial charge in [-0.05, 0) is 27.7 Å². The third-order valence-corrected chi connectivity index (χ3v) is 2.52. The SMILES string of the molecule is CC1OC(C)C2OC(C)(C)OC12. The zero-order valence-corrected chi connectivity index (χ0v) is 8.03. The Bertz CT molecular complexity index is 172. The summed E-state index contributed by atoms with van der Waals surface area (Å²) < 4.78 is 17.0. The van der Waals surface area contributed by atoms with Crippen molar-refractivity contribution in [3.8, 4) is 0 Å². The molecule has 0 amide bonds. The molecule has 2 aliphatic rings. The molecule has 70 valence electrons. The van der Waals surface area contributed by atoms with Gasteiger partial charge in [0.1, 0.15) is 12.2 Å². The number of hydrogen-bond donors (Lipinski definition) is 0. The summed E-state index contributed by atoms with van der Waals surface area (Å²) >= 11 is 0. The van der Waals surface area contributed by atoms with Gasteiger partial charge in [-0.2, -0.15) is 0 Å². The fourth-order valence-electron chi connectivity index (χ4n) is 2.04. The Morgan fingerprint density at radius 3 is 1.75 bits per heavy atom. The van der Waals surface area contributed by atoms with Crippen LogP contribution in [0, 0.1) is 0 Å². The van der Waals surface area contributed by atoms with Crippen molar-refractivity contribution in [2.45, 2.75) is 57.9 Å². The molecule has 0 aliphatic carbocycles. The van der Waals surface area contributed by atoms with E-state index in [0.717, 1.165) is 0 Å². The van der Waals surface area contributed by atoms with Crippen molar-refractivity contribution in [1.82, 2.24) is 0 Å². The number of ether oxygens (including phenoxy) is 3. The van der Waals surface area contributed by atoms with Gasteiger partial charge in [0.25, 0.3) is 0 Å². The van der Waals surface area contributed by atoms with E-state index in [1.165, 1.54) is 0 Å². The normalized spacial score (nSPS) is 51.0. The molecular weight excluding hydrogens is 156 g/mol. The molecule has 0 saturated carbocycles. The fourth-order valence-corrected chi connectivity index (χ4v) is 2.04. The maximum atomic E-state index is 5.71. The predicted octanol–water partition coefficient (Wildman–Crippen LogP) is 1.31. The molecule has 4 atom stereocenters. The standard InChI is InChI=1S/C9H16O3/c1-5-7-8(6(2)10-5)12-9(3,4)11-7/h5-8H,1-4H3. The van der Waals surface area contributed by atoms with E-state index in [9.17, 15) is 0 Å². The van der Waals surface area contributed by atoms with E-state index >= 15 is 0 Å². The van der Waals surface area contributed by atoms with Crippen molar-refractivity contribution in [3.05, 3.63) is 0 Å². The highest BCUT2D eigenvalue weighted by Gasteiger charge is 2.51. The highest BCUT2D eigenvalue weighted by Crippen LogP contribution is 2.38. The van der Waals surface area contributed by atoms with Crippen LogP contribution in [0.25, 0.3) is 0 Å². The van der Waals surface area contributed by atoms with E-state index in [1.54, 1.807) is 0 Å². The summed E-state index contributed by atoms with van der Waals surface area (Å²) in [6.07, 6.45) is 0.559. The molecule has 4 unspecified atom stereocenters. The second-order valence-electron chi connectivity index (χ2n) is 4.11. The van der Waals surface area contributed by atoms with Crippen LogP contribution in [-0.4, -0.2) is 30.2 Å². The molecule has 0 aromatic rings. The summed E-state index contributed by atoms with van der Waals surface area (Å²) in [4.78, 5) is 0. The molecule has 12 heavy (non-hydrogen) atoms. The average Bonchev–Trinajstić information content (AvgIpc) is 2.34. The molecule has 0 spiro atoms. The quantitative estimate of drug-likeness (QED) is 0.551. The third kappa shape index (κ3) is 1.16. The first-order chi connectivity index (χ1) is 5.49. The van der Waals surface area contributed by atoms with E-state index in [4.69, 9.17) is 14.2 Å². The van der Waals surface area contributed by atoms with Gasteiger partial charge in [-0.25, -0.2) is 0 Å². The van der Waals surface area contributed by atoms with Crippen LogP contribution in [-0.2, 0) is 14.2 Å². The van der Waals surface area contributed by atoms with Gasteiger partial charge in [0, 0.05) is 0 Å². The first-order valence-corrected chi connectivity index (χ1v) is 4.51. The minimum atomic E-state index is -0.429. The van der Waals surface area contributed by atoms with Gasteiger partial charge >= 0.3 is 0 Å². The van der Waals surface area contributed by atoms with E-state index in [1.807, 2.05) is 27.7 Å². The van der Waals surface area contributed by atoms with E-state index in [-0.39, 0.29) is 24.4 Å². The molecule has 3 nitrogen and oxygen atoms in total. The Labute approximate surface area is 73.0 Å². The van der Waals surface area contributed by atoms with Crippen LogP contribution in [0.4, 0.5) is 0 Å². The second kappa shape index (κ2) is 2.44. The molecule has 2 saturated heterocycles. The maximum absolute atomic E-state index is 5.71. The average molecular weight is 172 g/mol. The van der Waals surface area contributed by atoms with Gasteiger partial charge in [-0.15, -0.1) is 0 Å². The van der Waals surface area contributed by atoms with E-state index in [0.29, 0.717) is 0 Å². The minimum Gasteiger partial charge on any atom is -0.370 e. The second-order valence-corrected chi connectivity index (χ2v) is 4.11. The van der Waals surface area contributed by atoms with Crippen LogP contribution in [0.2, 0.25) is 0 Å². The van der Waals surface area contributed by atoms with E-state index < -0.39 is 5.79 Å². The molecule has 2 rings (SSSR count). The lowest BCUT2D eigenvalue weighted by atomic mass is 10.1. The molecular formula is C9H16O3. The Hall–Kier alpha value is -0.120. The molecule has 0 N–H and O–H groups in total. The van der Waals surface area contributed by atoms with Crippen molar-refractivity contribution >= 4 is 0 Å². The number of rotatable bonds is 0. The molecule has 2 aliphatic heterocycles. The van der Waals surface area contributed by atoms with Crippen molar-refractivity contribution in [1.29, 1.82) is 0 Å². The number of fused-ring (bicyclic) bond motifs is 1. The van der Waals surface area contributed by atoms with Crippen molar-refractivity contribution in [2.75, 3.05) is 0 Å². The first-order valence-electron chi connectivity index (χ1n) is 4.51. The van der Waals surface area contributed by atoms with Crippen LogP contribution in [0.15, 0.2) is 0 Å². The minimum absolute atomic E-state index is 0.120. The smallest absolute Gasteiger partial charge is 0.164 e. The molecule has 3 heteroatoms. The van der Waals surface area contributed by atoms with Crippen molar-refractivity contribution in [3.63, 3.8) is 0 Å². The van der Waals surface area contributed by atoms with Crippen molar-refractivity contribution < 1.29 is 14.2 Å². The number of hydrogen-bond acceptors (Lipinski definition) is 3. The summed E-state index contributed by atoms with van der Waals surface area (Å²) in [6.45, 7) is 7.97. The van der Waals surface area contributed by atoms with E-state index in [2.05, 4.69) is 0 Å². The highest BCUT2D eigenvalue weighted by atomic mass is 16.8. The Kier molecular flexibility index (Phi) is 1.72. The van der Waals surface area contributed by atoms with Crippen LogP contribution in [0.5, 0.6) is 0 Å². The molecule has 2 fully saturated rings. The Morgan fingerprint density at radius 2 is 1.33 bits per heavy atom. The lowest BCUT2D eigenvalue weighted by Gasteiger charge is -2.21.